The van der Waals surface area contributed by atoms with Crippen LogP contribution >= 0.6 is 0 Å². The van der Waals surface area contributed by atoms with Crippen LogP contribution in [0.3, 0.4) is 0 Å². The smallest absolute Gasteiger partial charge is 0.00642 e. The van der Waals surface area contributed by atoms with Crippen molar-refractivity contribution in [2.45, 2.75) is 44.6 Å². The molecule has 3 heteroatoms. The Morgan fingerprint density at radius 3 is 2.39 bits per heavy atom. The Morgan fingerprint density at radius 1 is 1.00 bits per heavy atom. The molecule has 0 amide bonds. The predicted octanol–water partition coefficient (Wildman–Crippen LogP) is 1.70. The van der Waals surface area contributed by atoms with Gasteiger partial charge in [0.15, 0.2) is 0 Å². The second-order valence-electron chi connectivity index (χ2n) is 6.44. The Kier molecular flexibility index (Phi) is 5.93. The molecule has 1 aliphatic carbocycles. The highest BCUT2D eigenvalue weighted by atomic mass is 15.1. The zero-order valence-corrected chi connectivity index (χ0v) is 12.3. The molecule has 0 aromatic rings. The Bertz CT molecular complexity index is 224. The molecule has 1 saturated carbocycles. The molecule has 1 atom stereocenters. The van der Waals surface area contributed by atoms with Gasteiger partial charge in [0.05, 0.1) is 0 Å². The standard InChI is InChI=1S/C15H31N3/c1-16-15-7-5-13(6-8-15)10-17-11-14-4-3-9-18(2)12-14/h13-17H,3-12H2,1-2H3. The molecule has 1 saturated heterocycles. The van der Waals surface area contributed by atoms with E-state index >= 15 is 0 Å². The third kappa shape index (κ3) is 4.52. The second kappa shape index (κ2) is 7.46. The molecule has 0 radical (unpaired) electrons. The van der Waals surface area contributed by atoms with E-state index in [1.165, 1.54) is 64.7 Å². The molecule has 2 fully saturated rings. The summed E-state index contributed by atoms with van der Waals surface area (Å²) in [7, 11) is 4.36. The van der Waals surface area contributed by atoms with Crippen LogP contribution in [0.25, 0.3) is 0 Å². The van der Waals surface area contributed by atoms with Gasteiger partial charge in [0, 0.05) is 12.6 Å². The Hall–Kier alpha value is -0.120. The van der Waals surface area contributed by atoms with Crippen LogP contribution in [-0.4, -0.2) is 51.2 Å². The van der Waals surface area contributed by atoms with E-state index in [4.69, 9.17) is 0 Å². The van der Waals surface area contributed by atoms with Crippen molar-refractivity contribution in [1.29, 1.82) is 0 Å². The minimum absolute atomic E-state index is 0.785. The van der Waals surface area contributed by atoms with E-state index in [1.807, 2.05) is 0 Å². The normalized spacial score (nSPS) is 34.7. The summed E-state index contributed by atoms with van der Waals surface area (Å²) in [5, 5.41) is 7.14. The summed E-state index contributed by atoms with van der Waals surface area (Å²) in [6.07, 6.45) is 8.36. The lowest BCUT2D eigenvalue weighted by atomic mass is 9.86. The summed E-state index contributed by atoms with van der Waals surface area (Å²) in [6, 6.07) is 0.785. The van der Waals surface area contributed by atoms with E-state index in [2.05, 4.69) is 29.6 Å². The third-order valence-corrected chi connectivity index (χ3v) is 4.84. The molecule has 2 rings (SSSR count). The minimum atomic E-state index is 0.785. The van der Waals surface area contributed by atoms with E-state index in [-0.39, 0.29) is 0 Å². The summed E-state index contributed by atoms with van der Waals surface area (Å²) in [4.78, 5) is 2.48. The first-order chi connectivity index (χ1) is 8.78. The molecule has 0 bridgehead atoms. The van der Waals surface area contributed by atoms with Gasteiger partial charge < -0.3 is 15.5 Å². The monoisotopic (exact) mass is 253 g/mol. The molecular weight excluding hydrogens is 222 g/mol. The lowest BCUT2D eigenvalue weighted by Gasteiger charge is -2.31. The van der Waals surface area contributed by atoms with Crippen LogP contribution in [0.15, 0.2) is 0 Å². The number of likely N-dealkylation sites (tertiary alicyclic amines) is 1. The summed E-state index contributed by atoms with van der Waals surface area (Å²) in [5.41, 5.74) is 0. The topological polar surface area (TPSA) is 27.3 Å². The van der Waals surface area contributed by atoms with Crippen LogP contribution in [0.2, 0.25) is 0 Å². The van der Waals surface area contributed by atoms with Crippen LogP contribution in [0.5, 0.6) is 0 Å². The number of rotatable bonds is 5. The highest BCUT2D eigenvalue weighted by molar-refractivity contribution is 4.78. The van der Waals surface area contributed by atoms with Crippen molar-refractivity contribution >= 4 is 0 Å². The van der Waals surface area contributed by atoms with Gasteiger partial charge in [0.2, 0.25) is 0 Å². The van der Waals surface area contributed by atoms with Crippen molar-refractivity contribution in [3.8, 4) is 0 Å². The van der Waals surface area contributed by atoms with E-state index in [9.17, 15) is 0 Å². The molecule has 2 N–H and O–H groups in total. The molecule has 3 nitrogen and oxygen atoms in total. The number of piperidine rings is 1. The zero-order chi connectivity index (χ0) is 12.8. The maximum absolute atomic E-state index is 3.73. The average Bonchev–Trinajstić information content (AvgIpc) is 2.40. The van der Waals surface area contributed by atoms with Gasteiger partial charge in [-0.15, -0.1) is 0 Å². The average molecular weight is 253 g/mol. The van der Waals surface area contributed by atoms with Gasteiger partial charge in [-0.3, -0.25) is 0 Å². The maximum Gasteiger partial charge on any atom is 0.00642 e. The molecule has 2 aliphatic rings. The van der Waals surface area contributed by atoms with Crippen LogP contribution in [-0.2, 0) is 0 Å². The third-order valence-electron chi connectivity index (χ3n) is 4.84. The molecule has 1 unspecified atom stereocenters. The zero-order valence-electron chi connectivity index (χ0n) is 12.3. The van der Waals surface area contributed by atoms with Crippen molar-refractivity contribution in [3.63, 3.8) is 0 Å². The first kappa shape index (κ1) is 14.3. The summed E-state index contributed by atoms with van der Waals surface area (Å²) >= 11 is 0. The molecule has 18 heavy (non-hydrogen) atoms. The van der Waals surface area contributed by atoms with Crippen LogP contribution in [0.1, 0.15) is 38.5 Å². The fourth-order valence-corrected chi connectivity index (χ4v) is 3.59. The maximum atomic E-state index is 3.73. The van der Waals surface area contributed by atoms with Gasteiger partial charge in [0.25, 0.3) is 0 Å². The van der Waals surface area contributed by atoms with Crippen molar-refractivity contribution in [1.82, 2.24) is 15.5 Å². The van der Waals surface area contributed by atoms with Crippen molar-refractivity contribution in [2.75, 3.05) is 40.3 Å². The quantitative estimate of drug-likeness (QED) is 0.781. The van der Waals surface area contributed by atoms with E-state index in [0.717, 1.165) is 17.9 Å². The first-order valence-corrected chi connectivity index (χ1v) is 7.84. The molecular formula is C15H31N3. The van der Waals surface area contributed by atoms with E-state index in [1.54, 1.807) is 0 Å². The van der Waals surface area contributed by atoms with Gasteiger partial charge >= 0.3 is 0 Å². The Morgan fingerprint density at radius 2 is 1.72 bits per heavy atom. The molecule has 0 spiro atoms. The van der Waals surface area contributed by atoms with Gasteiger partial charge in [-0.25, -0.2) is 0 Å². The summed E-state index contributed by atoms with van der Waals surface area (Å²) in [6.45, 7) is 5.07. The molecule has 0 aromatic heterocycles. The van der Waals surface area contributed by atoms with Gasteiger partial charge in [-0.05, 0) is 84.1 Å². The molecule has 1 aliphatic heterocycles. The molecule has 106 valence electrons. The number of hydrogen-bond donors (Lipinski definition) is 2. The van der Waals surface area contributed by atoms with E-state index < -0.39 is 0 Å². The number of nitrogens with one attached hydrogen (secondary N) is 2. The van der Waals surface area contributed by atoms with Crippen LogP contribution in [0.4, 0.5) is 0 Å². The van der Waals surface area contributed by atoms with E-state index in [0.29, 0.717) is 0 Å². The Balaban J connectivity index is 1.55. The highest BCUT2D eigenvalue weighted by Gasteiger charge is 2.21. The van der Waals surface area contributed by atoms with Crippen LogP contribution < -0.4 is 10.6 Å². The fraction of sp³-hybridized carbons (Fsp3) is 1.00. The minimum Gasteiger partial charge on any atom is -0.317 e. The van der Waals surface area contributed by atoms with Crippen molar-refractivity contribution in [3.05, 3.63) is 0 Å². The lowest BCUT2D eigenvalue weighted by Crippen LogP contribution is -2.39. The van der Waals surface area contributed by atoms with Crippen LogP contribution in [0, 0.1) is 11.8 Å². The fourth-order valence-electron chi connectivity index (χ4n) is 3.59. The lowest BCUT2D eigenvalue weighted by molar-refractivity contribution is 0.201. The largest absolute Gasteiger partial charge is 0.317 e. The van der Waals surface area contributed by atoms with Gasteiger partial charge in [-0.2, -0.15) is 0 Å². The number of nitrogens with zero attached hydrogens (tertiary/aromatic N) is 1. The number of hydrogen-bond acceptors (Lipinski definition) is 3. The second-order valence-corrected chi connectivity index (χ2v) is 6.44. The Labute approximate surface area is 113 Å². The summed E-state index contributed by atoms with van der Waals surface area (Å²) < 4.78 is 0. The predicted molar refractivity (Wildman–Crippen MR) is 77.9 cm³/mol. The summed E-state index contributed by atoms with van der Waals surface area (Å²) in [5.74, 6) is 1.81. The van der Waals surface area contributed by atoms with Gasteiger partial charge in [-0.1, -0.05) is 0 Å². The van der Waals surface area contributed by atoms with Crippen molar-refractivity contribution in [2.24, 2.45) is 11.8 Å². The van der Waals surface area contributed by atoms with Crippen molar-refractivity contribution < 1.29 is 0 Å². The molecule has 1 heterocycles. The highest BCUT2D eigenvalue weighted by Crippen LogP contribution is 2.23. The first-order valence-electron chi connectivity index (χ1n) is 7.84. The SMILES string of the molecule is CNC1CCC(CNCC2CCCN(C)C2)CC1. The molecule has 0 aromatic carbocycles. The van der Waals surface area contributed by atoms with Gasteiger partial charge in [0.1, 0.15) is 0 Å².